The van der Waals surface area contributed by atoms with Gasteiger partial charge in [-0.3, -0.25) is 4.48 Å². The van der Waals surface area contributed by atoms with E-state index in [-0.39, 0.29) is 6.61 Å². The molecule has 1 aliphatic rings. The molecule has 1 heterocycles. The molecule has 31 heavy (non-hydrogen) atoms. The van der Waals surface area contributed by atoms with Gasteiger partial charge in [0.15, 0.2) is 5.84 Å². The van der Waals surface area contributed by atoms with Gasteiger partial charge in [-0.15, -0.1) is 0 Å². The van der Waals surface area contributed by atoms with Gasteiger partial charge in [0.2, 0.25) is 0 Å². The van der Waals surface area contributed by atoms with Gasteiger partial charge < -0.3 is 5.11 Å². The number of hydrogen-bond acceptors (Lipinski definition) is 2. The van der Waals surface area contributed by atoms with Crippen LogP contribution in [0.15, 0.2) is 35.3 Å². The third-order valence-corrected chi connectivity index (χ3v) is 7.07. The summed E-state index contributed by atoms with van der Waals surface area (Å²) in [4.78, 5) is 4.89. The Balaban J connectivity index is 1.56. The number of unbranched alkanes of at least 4 members (excludes halogenated alkanes) is 12. The van der Waals surface area contributed by atoms with Gasteiger partial charge in [0.1, 0.15) is 13.1 Å². The van der Waals surface area contributed by atoms with Crippen molar-refractivity contribution in [3.8, 4) is 0 Å². The van der Waals surface area contributed by atoms with Crippen molar-refractivity contribution in [1.29, 1.82) is 0 Å². The van der Waals surface area contributed by atoms with Crippen LogP contribution in [0.3, 0.4) is 0 Å². The molecule has 0 aromatic heterocycles. The summed E-state index contributed by atoms with van der Waals surface area (Å²) >= 11 is 0. The molecule has 1 atom stereocenters. The number of aliphatic hydroxyl groups is 1. The lowest BCUT2D eigenvalue weighted by atomic mass is 10.0. The van der Waals surface area contributed by atoms with Gasteiger partial charge >= 0.3 is 0 Å². The third-order valence-electron chi connectivity index (χ3n) is 7.07. The van der Waals surface area contributed by atoms with E-state index in [2.05, 4.69) is 37.3 Å². The first kappa shape index (κ1) is 26.1. The molecule has 1 unspecified atom stereocenters. The molecule has 0 amide bonds. The smallest absolute Gasteiger partial charge is 0.198 e. The number of amidine groups is 1. The normalized spacial score (nSPS) is 18.5. The van der Waals surface area contributed by atoms with Gasteiger partial charge in [-0.2, -0.15) is 0 Å². The lowest BCUT2D eigenvalue weighted by Gasteiger charge is -2.34. The monoisotopic (exact) mass is 429 g/mol. The fourth-order valence-corrected chi connectivity index (χ4v) is 5.04. The molecule has 1 aromatic rings. The zero-order chi connectivity index (χ0) is 22.0. The third kappa shape index (κ3) is 10.3. The highest BCUT2D eigenvalue weighted by atomic mass is 16.3. The Morgan fingerprint density at radius 3 is 1.90 bits per heavy atom. The number of nitrogens with zero attached hydrogens (tertiary/aromatic N) is 2. The number of quaternary nitrogens is 1. The van der Waals surface area contributed by atoms with Crippen molar-refractivity contribution in [3.05, 3.63) is 35.9 Å². The summed E-state index contributed by atoms with van der Waals surface area (Å²) in [6.07, 6.45) is 20.3. The molecular weight excluding hydrogens is 380 g/mol. The van der Waals surface area contributed by atoms with Crippen molar-refractivity contribution in [3.63, 3.8) is 0 Å². The predicted molar refractivity (Wildman–Crippen MR) is 135 cm³/mol. The molecule has 0 radical (unpaired) electrons. The first-order valence-electron chi connectivity index (χ1n) is 13.4. The van der Waals surface area contributed by atoms with Crippen LogP contribution in [-0.4, -0.2) is 48.2 Å². The van der Waals surface area contributed by atoms with Crippen LogP contribution in [0.1, 0.15) is 102 Å². The van der Waals surface area contributed by atoms with E-state index in [9.17, 15) is 5.11 Å². The molecule has 0 fully saturated rings. The van der Waals surface area contributed by atoms with Gasteiger partial charge in [-0.05, 0) is 12.0 Å². The maximum atomic E-state index is 9.72. The van der Waals surface area contributed by atoms with Crippen LogP contribution in [0.4, 0.5) is 0 Å². The highest BCUT2D eigenvalue weighted by molar-refractivity contribution is 5.76. The Morgan fingerprint density at radius 2 is 1.32 bits per heavy atom. The summed E-state index contributed by atoms with van der Waals surface area (Å²) < 4.78 is 0.920. The van der Waals surface area contributed by atoms with E-state index in [0.717, 1.165) is 43.5 Å². The zero-order valence-electron chi connectivity index (χ0n) is 20.4. The molecule has 0 saturated carbocycles. The zero-order valence-corrected chi connectivity index (χ0v) is 20.4. The number of rotatable bonds is 19. The standard InChI is InChI=1S/C28H49N2O/c1-2-3-4-5-6-7-8-9-10-11-12-13-17-20-28-29-22-24-30(28,25-26-31)23-21-27-18-15-14-16-19-27/h14-16,18-19,31H,2-13,17,20-26H2,1H3/q+1. The highest BCUT2D eigenvalue weighted by Gasteiger charge is 2.36. The summed E-state index contributed by atoms with van der Waals surface area (Å²) in [5.41, 5.74) is 1.39. The maximum absolute atomic E-state index is 9.72. The van der Waals surface area contributed by atoms with Crippen molar-refractivity contribution >= 4 is 5.84 Å². The molecule has 1 N–H and O–H groups in total. The summed E-state index contributed by atoms with van der Waals surface area (Å²) in [5, 5.41) is 9.72. The van der Waals surface area contributed by atoms with Crippen LogP contribution >= 0.6 is 0 Å². The fraction of sp³-hybridized carbons (Fsp3) is 0.750. The van der Waals surface area contributed by atoms with E-state index in [1.165, 1.54) is 94.9 Å². The number of hydrogen-bond donors (Lipinski definition) is 1. The van der Waals surface area contributed by atoms with Crippen molar-refractivity contribution in [2.75, 3.05) is 32.8 Å². The first-order chi connectivity index (χ1) is 15.3. The van der Waals surface area contributed by atoms with Gasteiger partial charge in [0, 0.05) is 12.8 Å². The predicted octanol–water partition coefficient (Wildman–Crippen LogP) is 6.93. The second kappa shape index (κ2) is 16.4. The SMILES string of the molecule is CCCCCCCCCCCCCCCC1=NCC[N+]1(CCO)CCc1ccccc1. The van der Waals surface area contributed by atoms with Crippen LogP contribution in [0.25, 0.3) is 0 Å². The molecule has 3 nitrogen and oxygen atoms in total. The van der Waals surface area contributed by atoms with Crippen molar-refractivity contribution < 1.29 is 9.59 Å². The number of benzene rings is 1. The van der Waals surface area contributed by atoms with E-state index in [1.807, 2.05) is 0 Å². The van der Waals surface area contributed by atoms with Crippen LogP contribution in [-0.2, 0) is 6.42 Å². The van der Waals surface area contributed by atoms with Crippen LogP contribution in [0, 0.1) is 0 Å². The van der Waals surface area contributed by atoms with E-state index >= 15 is 0 Å². The number of aliphatic hydroxyl groups excluding tert-OH is 1. The van der Waals surface area contributed by atoms with Gasteiger partial charge in [-0.1, -0.05) is 114 Å². The molecule has 0 spiro atoms. The molecule has 0 bridgehead atoms. The molecular formula is C28H49N2O+. The minimum Gasteiger partial charge on any atom is -0.390 e. The summed E-state index contributed by atoms with van der Waals surface area (Å²) in [5.74, 6) is 1.35. The van der Waals surface area contributed by atoms with E-state index in [4.69, 9.17) is 4.99 Å². The Labute approximate surface area is 192 Å². The topological polar surface area (TPSA) is 32.6 Å². The average molecular weight is 430 g/mol. The Hall–Kier alpha value is -1.19. The van der Waals surface area contributed by atoms with Crippen molar-refractivity contribution in [2.45, 2.75) is 103 Å². The molecule has 2 rings (SSSR count). The molecule has 3 heteroatoms. The maximum Gasteiger partial charge on any atom is 0.198 e. The minimum atomic E-state index is 0.256. The molecule has 1 aliphatic heterocycles. The second-order valence-electron chi connectivity index (χ2n) is 9.57. The van der Waals surface area contributed by atoms with Crippen LogP contribution < -0.4 is 0 Å². The summed E-state index contributed by atoms with van der Waals surface area (Å²) in [6.45, 7) is 6.44. The number of aliphatic imine (C=N–C) groups is 1. The van der Waals surface area contributed by atoms with E-state index in [1.54, 1.807) is 0 Å². The molecule has 176 valence electrons. The van der Waals surface area contributed by atoms with Crippen LogP contribution in [0.2, 0.25) is 0 Å². The second-order valence-corrected chi connectivity index (χ2v) is 9.57. The molecule has 1 aromatic carbocycles. The summed E-state index contributed by atoms with van der Waals surface area (Å²) in [7, 11) is 0. The van der Waals surface area contributed by atoms with Crippen LogP contribution in [0.5, 0.6) is 0 Å². The Morgan fingerprint density at radius 1 is 0.742 bits per heavy atom. The Kier molecular flexibility index (Phi) is 13.8. The fourth-order valence-electron chi connectivity index (χ4n) is 5.04. The van der Waals surface area contributed by atoms with E-state index < -0.39 is 0 Å². The largest absolute Gasteiger partial charge is 0.390 e. The Bertz CT molecular complexity index is 586. The molecule has 0 saturated heterocycles. The summed E-state index contributed by atoms with van der Waals surface area (Å²) in [6, 6.07) is 10.8. The van der Waals surface area contributed by atoms with Crippen molar-refractivity contribution in [1.82, 2.24) is 0 Å². The van der Waals surface area contributed by atoms with Gasteiger partial charge in [-0.25, -0.2) is 4.99 Å². The molecule has 0 aliphatic carbocycles. The average Bonchev–Trinajstić information content (AvgIpc) is 3.19. The highest BCUT2D eigenvalue weighted by Crippen LogP contribution is 2.21. The van der Waals surface area contributed by atoms with Gasteiger partial charge in [0.25, 0.3) is 0 Å². The first-order valence-corrected chi connectivity index (χ1v) is 13.4. The van der Waals surface area contributed by atoms with Crippen molar-refractivity contribution in [2.24, 2.45) is 4.99 Å². The van der Waals surface area contributed by atoms with E-state index in [0.29, 0.717) is 0 Å². The lowest BCUT2D eigenvalue weighted by Crippen LogP contribution is -2.53. The van der Waals surface area contributed by atoms with Gasteiger partial charge in [0.05, 0.1) is 19.7 Å². The minimum absolute atomic E-state index is 0.256. The quantitative estimate of drug-likeness (QED) is 0.188. The lowest BCUT2D eigenvalue weighted by molar-refractivity contribution is -0.836.